The van der Waals surface area contributed by atoms with Crippen LogP contribution in [0.25, 0.3) is 0 Å². The molecule has 35 heavy (non-hydrogen) atoms. The van der Waals surface area contributed by atoms with Gasteiger partial charge in [-0.2, -0.15) is 0 Å². The van der Waals surface area contributed by atoms with Gasteiger partial charge in [0, 0.05) is 49.0 Å². The van der Waals surface area contributed by atoms with E-state index >= 15 is 0 Å². The highest BCUT2D eigenvalue weighted by molar-refractivity contribution is 5.97. The highest BCUT2D eigenvalue weighted by Gasteiger charge is 2.57. The van der Waals surface area contributed by atoms with Gasteiger partial charge in [0.15, 0.2) is 0 Å². The van der Waals surface area contributed by atoms with Crippen LogP contribution in [0.3, 0.4) is 0 Å². The number of pyridine rings is 2. The number of nitrogens with one attached hydrogen (secondary N) is 1. The molecular formula is C27H26N4O4. The van der Waals surface area contributed by atoms with E-state index in [-0.39, 0.29) is 41.6 Å². The molecule has 8 heteroatoms. The Hall–Kier alpha value is -3.78. The van der Waals surface area contributed by atoms with Crippen LogP contribution in [-0.2, 0) is 24.2 Å². The maximum absolute atomic E-state index is 13.8. The molecule has 4 atom stereocenters. The number of rotatable bonds is 4. The Labute approximate surface area is 202 Å². The second kappa shape index (κ2) is 8.46. The topological polar surface area (TPSA) is 105 Å². The van der Waals surface area contributed by atoms with Crippen LogP contribution in [0, 0.1) is 11.8 Å². The van der Waals surface area contributed by atoms with Crippen molar-refractivity contribution in [2.75, 3.05) is 6.61 Å². The number of hydrogen-bond donors (Lipinski definition) is 2. The highest BCUT2D eigenvalue weighted by Crippen LogP contribution is 2.49. The van der Waals surface area contributed by atoms with Gasteiger partial charge >= 0.3 is 0 Å². The van der Waals surface area contributed by atoms with Crippen molar-refractivity contribution in [1.29, 1.82) is 0 Å². The summed E-state index contributed by atoms with van der Waals surface area (Å²) in [5.41, 5.74) is 3.20. The molecule has 4 heterocycles. The van der Waals surface area contributed by atoms with Crippen LogP contribution in [0.2, 0.25) is 0 Å². The minimum atomic E-state index is -0.864. The van der Waals surface area contributed by atoms with Gasteiger partial charge < -0.3 is 19.9 Å². The number of carbonyl (C=O) groups excluding carboxylic acids is 2. The quantitative estimate of drug-likeness (QED) is 0.599. The van der Waals surface area contributed by atoms with Crippen LogP contribution in [0.4, 0.5) is 0 Å². The molecule has 6 rings (SSSR count). The molecule has 2 amide bonds. The first kappa shape index (κ1) is 21.7. The summed E-state index contributed by atoms with van der Waals surface area (Å²) in [4.78, 5) is 45.9. The van der Waals surface area contributed by atoms with Gasteiger partial charge in [0.25, 0.3) is 11.5 Å². The Bertz CT molecular complexity index is 1330. The largest absolute Gasteiger partial charge is 0.396 e. The average Bonchev–Trinajstić information content (AvgIpc) is 3.54. The number of hydrogen-bond acceptors (Lipinski definition) is 5. The van der Waals surface area contributed by atoms with Crippen molar-refractivity contribution in [3.63, 3.8) is 0 Å². The van der Waals surface area contributed by atoms with Crippen molar-refractivity contribution in [2.24, 2.45) is 11.8 Å². The molecule has 2 N–H and O–H groups in total. The molecule has 0 saturated carbocycles. The molecule has 3 aliphatic rings. The molecule has 1 aromatic carbocycles. The third-order valence-corrected chi connectivity index (χ3v) is 7.74. The zero-order valence-electron chi connectivity index (χ0n) is 19.1. The van der Waals surface area contributed by atoms with Crippen molar-refractivity contribution < 1.29 is 14.7 Å². The number of aliphatic hydroxyl groups is 1. The molecule has 0 bridgehead atoms. The molecule has 1 aliphatic carbocycles. The zero-order valence-corrected chi connectivity index (χ0v) is 19.1. The third-order valence-electron chi connectivity index (χ3n) is 7.74. The van der Waals surface area contributed by atoms with E-state index in [0.717, 1.165) is 12.8 Å². The van der Waals surface area contributed by atoms with Gasteiger partial charge in [-0.1, -0.05) is 36.4 Å². The molecule has 0 radical (unpaired) electrons. The van der Waals surface area contributed by atoms with E-state index in [1.807, 2.05) is 18.2 Å². The predicted octanol–water partition coefficient (Wildman–Crippen LogP) is 1.33. The lowest BCUT2D eigenvalue weighted by molar-refractivity contribution is -0.127. The summed E-state index contributed by atoms with van der Waals surface area (Å²) in [6.07, 6.45) is 3.01. The van der Waals surface area contributed by atoms with Crippen molar-refractivity contribution in [2.45, 2.75) is 37.5 Å². The normalized spacial score (nSPS) is 24.7. The fourth-order valence-electron chi connectivity index (χ4n) is 6.23. The van der Waals surface area contributed by atoms with Crippen molar-refractivity contribution in [3.8, 4) is 0 Å². The summed E-state index contributed by atoms with van der Waals surface area (Å²) in [7, 11) is 0. The Balaban J connectivity index is 1.37. The van der Waals surface area contributed by atoms with Crippen LogP contribution in [0.5, 0.6) is 0 Å². The summed E-state index contributed by atoms with van der Waals surface area (Å²) in [6.45, 7) is 0.0917. The Morgan fingerprint density at radius 3 is 2.43 bits per heavy atom. The SMILES string of the molecule is O=C(NC1Cc2ccccc2C1)[C@@H]1[C@@H](CO)[C@@H]2Cn3c(cccc3=O)[C@@H]2N1C(=O)c1ccccn1. The van der Waals surface area contributed by atoms with Crippen molar-refractivity contribution >= 4 is 11.8 Å². The minimum absolute atomic E-state index is 0.0682. The van der Waals surface area contributed by atoms with Crippen LogP contribution in [-0.4, -0.2) is 50.1 Å². The van der Waals surface area contributed by atoms with E-state index in [2.05, 4.69) is 22.4 Å². The van der Waals surface area contributed by atoms with Gasteiger partial charge in [-0.05, 0) is 42.2 Å². The fraction of sp³-hybridized carbons (Fsp3) is 0.333. The van der Waals surface area contributed by atoms with Gasteiger partial charge in [0.1, 0.15) is 11.7 Å². The summed E-state index contributed by atoms with van der Waals surface area (Å²) < 4.78 is 1.65. The lowest BCUT2D eigenvalue weighted by atomic mass is 9.88. The van der Waals surface area contributed by atoms with E-state index in [4.69, 9.17) is 0 Å². The smallest absolute Gasteiger partial charge is 0.273 e. The maximum atomic E-state index is 13.8. The fourth-order valence-corrected chi connectivity index (χ4v) is 6.23. The van der Waals surface area contributed by atoms with Crippen LogP contribution in [0.15, 0.2) is 71.7 Å². The number of benzene rings is 1. The highest BCUT2D eigenvalue weighted by atomic mass is 16.3. The zero-order chi connectivity index (χ0) is 24.1. The maximum Gasteiger partial charge on any atom is 0.273 e. The first-order valence-electron chi connectivity index (χ1n) is 12.0. The standard InChI is InChI=1S/C27H26N4O4/c32-15-20-19-14-30-22(9-5-10-23(30)33)24(19)31(27(35)21-8-3-4-11-28-21)25(20)26(34)29-18-12-16-6-1-2-7-17(16)13-18/h1-11,18-20,24-25,32H,12-15H2,(H,29,34)/t19-,20-,24+,25-/m0/s1. The molecule has 8 nitrogen and oxygen atoms in total. The number of carbonyl (C=O) groups is 2. The third kappa shape index (κ3) is 3.47. The number of amides is 2. The summed E-state index contributed by atoms with van der Waals surface area (Å²) in [5.74, 6) is -1.41. The van der Waals surface area contributed by atoms with Gasteiger partial charge in [0.2, 0.25) is 5.91 Å². The van der Waals surface area contributed by atoms with Gasteiger partial charge in [-0.15, -0.1) is 0 Å². The lowest BCUT2D eigenvalue weighted by Crippen LogP contribution is -2.52. The Morgan fingerprint density at radius 1 is 1.00 bits per heavy atom. The van der Waals surface area contributed by atoms with E-state index in [1.165, 1.54) is 17.2 Å². The van der Waals surface area contributed by atoms with Crippen LogP contribution < -0.4 is 10.9 Å². The Morgan fingerprint density at radius 2 is 1.74 bits per heavy atom. The molecule has 2 aliphatic heterocycles. The summed E-state index contributed by atoms with van der Waals surface area (Å²) >= 11 is 0. The number of nitrogens with zero attached hydrogens (tertiary/aromatic N) is 3. The molecule has 178 valence electrons. The molecule has 0 spiro atoms. The number of aromatic nitrogens is 2. The van der Waals surface area contributed by atoms with Gasteiger partial charge in [-0.3, -0.25) is 19.4 Å². The van der Waals surface area contributed by atoms with Gasteiger partial charge in [-0.25, -0.2) is 0 Å². The summed E-state index contributed by atoms with van der Waals surface area (Å²) in [5, 5.41) is 13.6. The lowest BCUT2D eigenvalue weighted by Gasteiger charge is -2.31. The summed E-state index contributed by atoms with van der Waals surface area (Å²) in [6, 6.07) is 16.8. The molecule has 2 aromatic heterocycles. The Kier molecular flexibility index (Phi) is 5.25. The second-order valence-corrected chi connectivity index (χ2v) is 9.61. The molecular weight excluding hydrogens is 444 g/mol. The minimum Gasteiger partial charge on any atom is -0.396 e. The molecule has 1 saturated heterocycles. The van der Waals surface area contributed by atoms with E-state index < -0.39 is 18.0 Å². The monoisotopic (exact) mass is 470 g/mol. The predicted molar refractivity (Wildman–Crippen MR) is 127 cm³/mol. The average molecular weight is 471 g/mol. The molecule has 1 fully saturated rings. The first-order valence-corrected chi connectivity index (χ1v) is 12.0. The van der Waals surface area contributed by atoms with Crippen LogP contribution in [0.1, 0.15) is 33.4 Å². The first-order chi connectivity index (χ1) is 17.1. The molecule has 0 unspecified atom stereocenters. The number of aliphatic hydroxyl groups excluding tert-OH is 1. The second-order valence-electron chi connectivity index (χ2n) is 9.61. The molecule has 3 aromatic rings. The van der Waals surface area contributed by atoms with Crippen LogP contribution >= 0.6 is 0 Å². The van der Waals surface area contributed by atoms with Crippen molar-refractivity contribution in [1.82, 2.24) is 19.8 Å². The number of fused-ring (bicyclic) bond motifs is 4. The van der Waals surface area contributed by atoms with E-state index in [0.29, 0.717) is 12.2 Å². The van der Waals surface area contributed by atoms with Crippen molar-refractivity contribution in [3.05, 3.63) is 99.7 Å². The number of likely N-dealkylation sites (tertiary alicyclic amines) is 1. The van der Waals surface area contributed by atoms with Gasteiger partial charge in [0.05, 0.1) is 6.04 Å². The van der Waals surface area contributed by atoms with E-state index in [9.17, 15) is 19.5 Å². The van der Waals surface area contributed by atoms with E-state index in [1.54, 1.807) is 39.9 Å².